The van der Waals surface area contributed by atoms with Crippen LogP contribution in [0.1, 0.15) is 24.1 Å². The van der Waals surface area contributed by atoms with Crippen LogP contribution < -0.4 is 15.8 Å². The number of ether oxygens (including phenoxy) is 1. The summed E-state index contributed by atoms with van der Waals surface area (Å²) in [7, 11) is 0. The summed E-state index contributed by atoms with van der Waals surface area (Å²) in [5.74, 6) is 0.507. The van der Waals surface area contributed by atoms with Crippen molar-refractivity contribution in [2.45, 2.75) is 32.4 Å². The molecule has 1 aromatic carbocycles. The highest BCUT2D eigenvalue weighted by Gasteiger charge is 2.22. The Morgan fingerprint density at radius 3 is 2.73 bits per heavy atom. The normalized spacial score (nSPS) is 15.0. The number of amides is 1. The van der Waals surface area contributed by atoms with Gasteiger partial charge in [0.05, 0.1) is 6.61 Å². The Labute approximate surface area is 152 Å². The fourth-order valence-corrected chi connectivity index (χ4v) is 3.05. The lowest BCUT2D eigenvalue weighted by Gasteiger charge is -2.32. The monoisotopic (exact) mass is 356 g/mol. The predicted octanol–water partition coefficient (Wildman–Crippen LogP) is 1.38. The maximum absolute atomic E-state index is 12.0. The quantitative estimate of drug-likeness (QED) is 0.816. The van der Waals surface area contributed by atoms with Crippen molar-refractivity contribution in [2.75, 3.05) is 24.6 Å². The van der Waals surface area contributed by atoms with E-state index >= 15 is 0 Å². The zero-order chi connectivity index (χ0) is 18.4. The molecule has 0 bridgehead atoms. The van der Waals surface area contributed by atoms with E-state index in [4.69, 9.17) is 4.74 Å². The van der Waals surface area contributed by atoms with E-state index in [1.165, 1.54) is 6.07 Å². The summed E-state index contributed by atoms with van der Waals surface area (Å²) in [6.45, 7) is 3.77. The van der Waals surface area contributed by atoms with Gasteiger partial charge in [-0.1, -0.05) is 30.3 Å². The second-order valence-corrected chi connectivity index (χ2v) is 6.52. The first-order valence-electron chi connectivity index (χ1n) is 8.84. The van der Waals surface area contributed by atoms with Gasteiger partial charge in [-0.05, 0) is 25.3 Å². The Bertz CT molecular complexity index is 783. The number of benzene rings is 1. The average Bonchev–Trinajstić information content (AvgIpc) is 2.62. The molecule has 2 aromatic rings. The van der Waals surface area contributed by atoms with Gasteiger partial charge in [0.25, 0.3) is 5.56 Å². The summed E-state index contributed by atoms with van der Waals surface area (Å²) in [4.78, 5) is 32.8. The van der Waals surface area contributed by atoms with E-state index in [1.54, 1.807) is 6.92 Å². The second kappa shape index (κ2) is 8.62. The summed E-state index contributed by atoms with van der Waals surface area (Å²) >= 11 is 0. The van der Waals surface area contributed by atoms with E-state index in [1.807, 2.05) is 35.2 Å². The van der Waals surface area contributed by atoms with Gasteiger partial charge in [-0.15, -0.1) is 0 Å². The molecule has 2 N–H and O–H groups in total. The van der Waals surface area contributed by atoms with Crippen molar-refractivity contribution < 1.29 is 9.53 Å². The molecule has 7 heteroatoms. The van der Waals surface area contributed by atoms with Gasteiger partial charge >= 0.3 is 0 Å². The lowest BCUT2D eigenvalue weighted by atomic mass is 10.1. The van der Waals surface area contributed by atoms with E-state index in [2.05, 4.69) is 15.3 Å². The van der Waals surface area contributed by atoms with E-state index in [-0.39, 0.29) is 24.1 Å². The number of aryl methyl sites for hydroxylation is 1. The molecule has 0 unspecified atom stereocenters. The third-order valence-electron chi connectivity index (χ3n) is 4.36. The molecule has 1 fully saturated rings. The summed E-state index contributed by atoms with van der Waals surface area (Å²) in [6, 6.07) is 11.4. The minimum atomic E-state index is -0.140. The topological polar surface area (TPSA) is 87.3 Å². The second-order valence-electron chi connectivity index (χ2n) is 6.52. The van der Waals surface area contributed by atoms with Crippen molar-refractivity contribution in [3.05, 3.63) is 58.0 Å². The number of carbonyl (C=O) groups is 1. The SMILES string of the molecule is Cc1cc(=O)[nH]c(N2CCC(NC(=O)COCc3ccccc3)CC2)n1. The third kappa shape index (κ3) is 5.16. The van der Waals surface area contributed by atoms with Gasteiger partial charge in [-0.2, -0.15) is 0 Å². The molecule has 1 saturated heterocycles. The number of aromatic amines is 1. The highest BCUT2D eigenvalue weighted by atomic mass is 16.5. The Kier molecular flexibility index (Phi) is 6.01. The van der Waals surface area contributed by atoms with Crippen LogP contribution in [0.25, 0.3) is 0 Å². The van der Waals surface area contributed by atoms with Gasteiger partial charge in [0, 0.05) is 30.9 Å². The number of anilines is 1. The summed E-state index contributed by atoms with van der Waals surface area (Å²) in [6.07, 6.45) is 1.62. The molecule has 26 heavy (non-hydrogen) atoms. The van der Waals surface area contributed by atoms with Crippen LogP contribution in [-0.4, -0.2) is 41.6 Å². The van der Waals surface area contributed by atoms with E-state index in [9.17, 15) is 9.59 Å². The highest BCUT2D eigenvalue weighted by Crippen LogP contribution is 2.15. The van der Waals surface area contributed by atoms with Crippen LogP contribution in [0.4, 0.5) is 5.95 Å². The molecular formula is C19H24N4O3. The van der Waals surface area contributed by atoms with Crippen molar-refractivity contribution in [1.82, 2.24) is 15.3 Å². The molecule has 2 heterocycles. The van der Waals surface area contributed by atoms with Crippen molar-refractivity contribution >= 4 is 11.9 Å². The molecule has 0 aliphatic carbocycles. The van der Waals surface area contributed by atoms with Gasteiger partial charge in [-0.3, -0.25) is 14.6 Å². The molecular weight excluding hydrogens is 332 g/mol. The number of hydrogen-bond acceptors (Lipinski definition) is 5. The Hall–Kier alpha value is -2.67. The van der Waals surface area contributed by atoms with Gasteiger partial charge in [-0.25, -0.2) is 4.98 Å². The van der Waals surface area contributed by atoms with Crippen molar-refractivity contribution in [3.63, 3.8) is 0 Å². The molecule has 1 aliphatic rings. The van der Waals surface area contributed by atoms with Crippen LogP contribution in [0.5, 0.6) is 0 Å². The van der Waals surface area contributed by atoms with Gasteiger partial charge in [0.1, 0.15) is 6.61 Å². The predicted molar refractivity (Wildman–Crippen MR) is 99.1 cm³/mol. The minimum Gasteiger partial charge on any atom is -0.367 e. The van der Waals surface area contributed by atoms with Crippen LogP contribution >= 0.6 is 0 Å². The van der Waals surface area contributed by atoms with Gasteiger partial charge in [0.15, 0.2) is 0 Å². The lowest BCUT2D eigenvalue weighted by Crippen LogP contribution is -2.46. The minimum absolute atomic E-state index is 0.0574. The van der Waals surface area contributed by atoms with Crippen LogP contribution in [0, 0.1) is 6.92 Å². The fraction of sp³-hybridized carbons (Fsp3) is 0.421. The zero-order valence-corrected chi connectivity index (χ0v) is 14.9. The number of hydrogen-bond donors (Lipinski definition) is 2. The highest BCUT2D eigenvalue weighted by molar-refractivity contribution is 5.77. The van der Waals surface area contributed by atoms with E-state index in [0.717, 1.165) is 31.5 Å². The molecule has 7 nitrogen and oxygen atoms in total. The number of nitrogens with zero attached hydrogens (tertiary/aromatic N) is 2. The molecule has 1 amide bonds. The maximum Gasteiger partial charge on any atom is 0.252 e. The standard InChI is InChI=1S/C19H24N4O3/c1-14-11-17(24)22-19(20-14)23-9-7-16(8-10-23)21-18(25)13-26-12-15-5-3-2-4-6-15/h2-6,11,16H,7-10,12-13H2,1H3,(H,21,25)(H,20,22,24). The van der Waals surface area contributed by atoms with E-state index in [0.29, 0.717) is 18.2 Å². The van der Waals surface area contributed by atoms with Crippen molar-refractivity contribution in [2.24, 2.45) is 0 Å². The smallest absolute Gasteiger partial charge is 0.252 e. The van der Waals surface area contributed by atoms with Crippen molar-refractivity contribution in [3.8, 4) is 0 Å². The van der Waals surface area contributed by atoms with E-state index < -0.39 is 0 Å². The molecule has 0 spiro atoms. The number of rotatable bonds is 6. The maximum atomic E-state index is 12.0. The molecule has 1 aromatic heterocycles. The summed E-state index contributed by atoms with van der Waals surface area (Å²) in [5.41, 5.74) is 1.61. The lowest BCUT2D eigenvalue weighted by molar-refractivity contribution is -0.126. The fourth-order valence-electron chi connectivity index (χ4n) is 3.05. The summed E-state index contributed by atoms with van der Waals surface area (Å²) in [5, 5.41) is 3.02. The third-order valence-corrected chi connectivity index (χ3v) is 4.36. The van der Waals surface area contributed by atoms with Crippen LogP contribution in [0.15, 0.2) is 41.2 Å². The molecule has 3 rings (SSSR count). The Morgan fingerprint density at radius 2 is 2.04 bits per heavy atom. The number of nitrogens with one attached hydrogen (secondary N) is 2. The van der Waals surface area contributed by atoms with Gasteiger partial charge < -0.3 is 15.0 Å². The number of carbonyl (C=O) groups excluding carboxylic acids is 1. The number of H-pyrrole nitrogens is 1. The first-order chi connectivity index (χ1) is 12.6. The average molecular weight is 356 g/mol. The first-order valence-corrected chi connectivity index (χ1v) is 8.84. The molecule has 138 valence electrons. The number of piperidine rings is 1. The van der Waals surface area contributed by atoms with Crippen LogP contribution in [0.2, 0.25) is 0 Å². The zero-order valence-electron chi connectivity index (χ0n) is 14.9. The van der Waals surface area contributed by atoms with Crippen LogP contribution in [0.3, 0.4) is 0 Å². The van der Waals surface area contributed by atoms with Crippen molar-refractivity contribution in [1.29, 1.82) is 0 Å². The largest absolute Gasteiger partial charge is 0.367 e. The molecule has 0 radical (unpaired) electrons. The van der Waals surface area contributed by atoms with Crippen LogP contribution in [-0.2, 0) is 16.1 Å². The number of aromatic nitrogens is 2. The molecule has 0 saturated carbocycles. The molecule has 0 atom stereocenters. The molecule has 1 aliphatic heterocycles. The Morgan fingerprint density at radius 1 is 1.31 bits per heavy atom. The van der Waals surface area contributed by atoms with Gasteiger partial charge in [0.2, 0.25) is 11.9 Å². The first kappa shape index (κ1) is 18.1. The Balaban J connectivity index is 1.40. The summed E-state index contributed by atoms with van der Waals surface area (Å²) < 4.78 is 5.47.